The Balaban J connectivity index is 2.27. The molecule has 0 saturated heterocycles. The van der Waals surface area contributed by atoms with Gasteiger partial charge < -0.3 is 0 Å². The van der Waals surface area contributed by atoms with Crippen molar-refractivity contribution in [2.75, 3.05) is 0 Å². The van der Waals surface area contributed by atoms with E-state index in [1.54, 1.807) is 11.1 Å². The highest BCUT2D eigenvalue weighted by atomic mass is 14.4. The van der Waals surface area contributed by atoms with Crippen LogP contribution in [0.3, 0.4) is 0 Å². The van der Waals surface area contributed by atoms with E-state index in [0.717, 1.165) is 6.42 Å². The second-order valence-electron chi connectivity index (χ2n) is 5.68. The molecule has 98 valence electrons. The Morgan fingerprint density at radius 3 is 1.84 bits per heavy atom. The van der Waals surface area contributed by atoms with Crippen molar-refractivity contribution in [1.82, 2.24) is 0 Å². The summed E-state index contributed by atoms with van der Waals surface area (Å²) in [6.07, 6.45) is 4.76. The number of rotatable bonds is 3. The molecule has 0 nitrogen and oxygen atoms in total. The SMILES string of the molecule is CCCC1(CC)c2ccccc2Cc2ccccc21. The van der Waals surface area contributed by atoms with Gasteiger partial charge >= 0.3 is 0 Å². The van der Waals surface area contributed by atoms with Crippen molar-refractivity contribution in [2.45, 2.75) is 44.9 Å². The molecule has 0 amide bonds. The summed E-state index contributed by atoms with van der Waals surface area (Å²) in [7, 11) is 0. The molecular formula is C19H22. The van der Waals surface area contributed by atoms with Gasteiger partial charge in [0.25, 0.3) is 0 Å². The van der Waals surface area contributed by atoms with Crippen LogP contribution in [0.4, 0.5) is 0 Å². The highest BCUT2D eigenvalue weighted by Gasteiger charge is 2.37. The van der Waals surface area contributed by atoms with Gasteiger partial charge in [0.05, 0.1) is 0 Å². The van der Waals surface area contributed by atoms with Crippen LogP contribution in [0, 0.1) is 0 Å². The van der Waals surface area contributed by atoms with Crippen molar-refractivity contribution in [3.63, 3.8) is 0 Å². The zero-order valence-corrected chi connectivity index (χ0v) is 11.9. The summed E-state index contributed by atoms with van der Waals surface area (Å²) in [6, 6.07) is 18.1. The van der Waals surface area contributed by atoms with Crippen molar-refractivity contribution in [3.05, 3.63) is 70.8 Å². The van der Waals surface area contributed by atoms with Crippen LogP contribution >= 0.6 is 0 Å². The fourth-order valence-electron chi connectivity index (χ4n) is 3.89. The fourth-order valence-corrected chi connectivity index (χ4v) is 3.89. The van der Waals surface area contributed by atoms with E-state index >= 15 is 0 Å². The van der Waals surface area contributed by atoms with Crippen LogP contribution in [-0.4, -0.2) is 0 Å². The third-order valence-corrected chi connectivity index (χ3v) is 4.73. The highest BCUT2D eigenvalue weighted by Crippen LogP contribution is 2.46. The minimum Gasteiger partial charge on any atom is -0.0653 e. The Morgan fingerprint density at radius 2 is 1.37 bits per heavy atom. The molecule has 0 heteroatoms. The van der Waals surface area contributed by atoms with Crippen molar-refractivity contribution in [2.24, 2.45) is 0 Å². The zero-order chi connectivity index (χ0) is 13.3. The van der Waals surface area contributed by atoms with E-state index < -0.39 is 0 Å². The fraction of sp³-hybridized carbons (Fsp3) is 0.368. The monoisotopic (exact) mass is 250 g/mol. The lowest BCUT2D eigenvalue weighted by Gasteiger charge is -2.40. The molecule has 0 saturated carbocycles. The summed E-state index contributed by atoms with van der Waals surface area (Å²) in [4.78, 5) is 0. The van der Waals surface area contributed by atoms with E-state index in [1.165, 1.54) is 30.4 Å². The van der Waals surface area contributed by atoms with E-state index in [1.807, 2.05) is 0 Å². The molecule has 0 spiro atoms. The average molecular weight is 250 g/mol. The Kier molecular flexibility index (Phi) is 3.18. The van der Waals surface area contributed by atoms with Crippen LogP contribution < -0.4 is 0 Å². The smallest absolute Gasteiger partial charge is 0.0205 e. The van der Waals surface area contributed by atoms with E-state index in [9.17, 15) is 0 Å². The molecule has 0 atom stereocenters. The summed E-state index contributed by atoms with van der Waals surface area (Å²) in [5.41, 5.74) is 6.42. The predicted molar refractivity (Wildman–Crippen MR) is 81.7 cm³/mol. The maximum Gasteiger partial charge on any atom is 0.0205 e. The van der Waals surface area contributed by atoms with Gasteiger partial charge in [-0.3, -0.25) is 0 Å². The van der Waals surface area contributed by atoms with Gasteiger partial charge in [0.15, 0.2) is 0 Å². The van der Waals surface area contributed by atoms with Gasteiger partial charge in [0.1, 0.15) is 0 Å². The molecule has 2 aromatic rings. The van der Waals surface area contributed by atoms with Gasteiger partial charge in [-0.05, 0) is 41.5 Å². The second kappa shape index (κ2) is 4.85. The van der Waals surface area contributed by atoms with Crippen LogP contribution in [0.15, 0.2) is 48.5 Å². The number of hydrogen-bond donors (Lipinski definition) is 0. The molecule has 3 rings (SSSR count). The predicted octanol–water partition coefficient (Wildman–Crippen LogP) is 5.09. The first-order chi connectivity index (χ1) is 9.31. The van der Waals surface area contributed by atoms with E-state index in [4.69, 9.17) is 0 Å². The first-order valence-electron chi connectivity index (χ1n) is 7.48. The van der Waals surface area contributed by atoms with Crippen LogP contribution in [0.1, 0.15) is 55.4 Å². The van der Waals surface area contributed by atoms with E-state index in [-0.39, 0.29) is 5.41 Å². The van der Waals surface area contributed by atoms with Gasteiger partial charge in [-0.1, -0.05) is 68.8 Å². The topological polar surface area (TPSA) is 0 Å². The Morgan fingerprint density at radius 1 is 0.842 bits per heavy atom. The molecule has 0 aliphatic heterocycles. The first kappa shape index (κ1) is 12.5. The summed E-state index contributed by atoms with van der Waals surface area (Å²) in [6.45, 7) is 4.64. The molecule has 0 radical (unpaired) electrons. The van der Waals surface area contributed by atoms with Crippen LogP contribution in [0.5, 0.6) is 0 Å². The van der Waals surface area contributed by atoms with Gasteiger partial charge in [-0.2, -0.15) is 0 Å². The summed E-state index contributed by atoms with van der Waals surface area (Å²) < 4.78 is 0. The summed E-state index contributed by atoms with van der Waals surface area (Å²) >= 11 is 0. The largest absolute Gasteiger partial charge is 0.0653 e. The second-order valence-corrected chi connectivity index (χ2v) is 5.68. The Labute approximate surface area is 116 Å². The molecule has 2 aromatic carbocycles. The third-order valence-electron chi connectivity index (χ3n) is 4.73. The van der Waals surface area contributed by atoms with Gasteiger partial charge in [0, 0.05) is 5.41 Å². The lowest BCUT2D eigenvalue weighted by Crippen LogP contribution is -2.32. The maximum atomic E-state index is 2.35. The van der Waals surface area contributed by atoms with Crippen LogP contribution in [0.25, 0.3) is 0 Å². The van der Waals surface area contributed by atoms with Crippen LogP contribution in [0.2, 0.25) is 0 Å². The number of hydrogen-bond acceptors (Lipinski definition) is 0. The maximum absolute atomic E-state index is 2.35. The minimum absolute atomic E-state index is 0.236. The molecule has 19 heavy (non-hydrogen) atoms. The summed E-state index contributed by atoms with van der Waals surface area (Å²) in [5.74, 6) is 0. The molecule has 0 aromatic heterocycles. The first-order valence-corrected chi connectivity index (χ1v) is 7.48. The molecule has 0 bridgehead atoms. The van der Waals surface area contributed by atoms with Crippen molar-refractivity contribution < 1.29 is 0 Å². The van der Waals surface area contributed by atoms with Crippen molar-refractivity contribution in [1.29, 1.82) is 0 Å². The van der Waals surface area contributed by atoms with Gasteiger partial charge in [-0.15, -0.1) is 0 Å². The Hall–Kier alpha value is -1.56. The average Bonchev–Trinajstić information content (AvgIpc) is 2.47. The molecule has 0 N–H and O–H groups in total. The quantitative estimate of drug-likeness (QED) is 0.712. The normalized spacial score (nSPS) is 15.7. The standard InChI is InChI=1S/C19H22/c1-3-13-19(4-2)17-11-7-5-9-15(17)14-16-10-6-8-12-18(16)19/h5-12H,3-4,13-14H2,1-2H3. The molecule has 0 fully saturated rings. The number of fused-ring (bicyclic) bond motifs is 2. The van der Waals surface area contributed by atoms with E-state index in [2.05, 4.69) is 62.4 Å². The minimum atomic E-state index is 0.236. The van der Waals surface area contributed by atoms with Gasteiger partial charge in [0.2, 0.25) is 0 Å². The lowest BCUT2D eigenvalue weighted by atomic mass is 9.63. The molecule has 1 aliphatic rings. The lowest BCUT2D eigenvalue weighted by molar-refractivity contribution is 0.436. The van der Waals surface area contributed by atoms with Crippen LogP contribution in [-0.2, 0) is 11.8 Å². The highest BCUT2D eigenvalue weighted by molar-refractivity contribution is 5.53. The van der Waals surface area contributed by atoms with Crippen molar-refractivity contribution >= 4 is 0 Å². The molecular weight excluding hydrogens is 228 g/mol. The molecule has 0 heterocycles. The summed E-state index contributed by atoms with van der Waals surface area (Å²) in [5, 5.41) is 0. The van der Waals surface area contributed by atoms with Gasteiger partial charge in [-0.25, -0.2) is 0 Å². The number of benzene rings is 2. The zero-order valence-electron chi connectivity index (χ0n) is 11.9. The Bertz CT molecular complexity index is 535. The molecule has 1 aliphatic carbocycles. The molecule has 0 unspecified atom stereocenters. The van der Waals surface area contributed by atoms with E-state index in [0.29, 0.717) is 0 Å². The third kappa shape index (κ3) is 1.82. The van der Waals surface area contributed by atoms with Crippen molar-refractivity contribution in [3.8, 4) is 0 Å².